The number of piperidine rings is 1. The molecule has 0 saturated carbocycles. The van der Waals surface area contributed by atoms with Gasteiger partial charge in [0.2, 0.25) is 0 Å². The predicted octanol–water partition coefficient (Wildman–Crippen LogP) is 3.88. The number of benzene rings is 2. The fourth-order valence-electron chi connectivity index (χ4n) is 2.98. The lowest BCUT2D eigenvalue weighted by Gasteiger charge is -2.22. The summed E-state index contributed by atoms with van der Waals surface area (Å²) in [6.07, 6.45) is 2.20. The predicted molar refractivity (Wildman–Crippen MR) is 87.6 cm³/mol. The van der Waals surface area contributed by atoms with Crippen LogP contribution in [0.25, 0.3) is 5.57 Å². The highest BCUT2D eigenvalue weighted by Crippen LogP contribution is 2.35. The van der Waals surface area contributed by atoms with Crippen molar-refractivity contribution in [1.82, 2.24) is 5.32 Å². The highest BCUT2D eigenvalue weighted by Gasteiger charge is 2.17. The molecule has 2 aromatic rings. The Balaban J connectivity index is 2.17. The minimum Gasteiger partial charge on any atom is -0.496 e. The topological polar surface area (TPSA) is 21.3 Å². The molecule has 0 radical (unpaired) electrons. The zero-order valence-electron chi connectivity index (χ0n) is 12.4. The third-order valence-electron chi connectivity index (χ3n) is 4.00. The summed E-state index contributed by atoms with van der Waals surface area (Å²) in [4.78, 5) is 0. The Bertz CT molecular complexity index is 623. The van der Waals surface area contributed by atoms with Crippen LogP contribution in [0, 0.1) is 0 Å². The van der Waals surface area contributed by atoms with Gasteiger partial charge in [-0.1, -0.05) is 54.1 Å². The van der Waals surface area contributed by atoms with E-state index < -0.39 is 0 Å². The molecule has 21 heavy (non-hydrogen) atoms. The number of para-hydroxylation sites is 1. The molecule has 1 aliphatic rings. The monoisotopic (exact) mass is 279 g/mol. The second kappa shape index (κ2) is 6.59. The van der Waals surface area contributed by atoms with Gasteiger partial charge >= 0.3 is 0 Å². The van der Waals surface area contributed by atoms with E-state index in [0.717, 1.165) is 31.7 Å². The molecule has 3 rings (SSSR count). The summed E-state index contributed by atoms with van der Waals surface area (Å²) in [5, 5.41) is 3.44. The summed E-state index contributed by atoms with van der Waals surface area (Å²) >= 11 is 0. The van der Waals surface area contributed by atoms with E-state index >= 15 is 0 Å². The van der Waals surface area contributed by atoms with Crippen molar-refractivity contribution in [3.63, 3.8) is 0 Å². The molecule has 0 unspecified atom stereocenters. The van der Waals surface area contributed by atoms with Crippen molar-refractivity contribution in [2.24, 2.45) is 0 Å². The molecule has 108 valence electrons. The second-order valence-corrected chi connectivity index (χ2v) is 5.29. The smallest absolute Gasteiger partial charge is 0.126 e. The average Bonchev–Trinajstić information content (AvgIpc) is 2.58. The Kier molecular flexibility index (Phi) is 4.37. The SMILES string of the molecule is COc1ccccc1C(=C1CCNCC1)c1ccccc1. The maximum atomic E-state index is 5.59. The highest BCUT2D eigenvalue weighted by molar-refractivity contribution is 5.85. The lowest BCUT2D eigenvalue weighted by atomic mass is 9.88. The minimum atomic E-state index is 0.947. The van der Waals surface area contributed by atoms with Crippen molar-refractivity contribution in [1.29, 1.82) is 0 Å². The Labute approximate surface area is 126 Å². The molecule has 0 aromatic heterocycles. The lowest BCUT2D eigenvalue weighted by molar-refractivity contribution is 0.413. The van der Waals surface area contributed by atoms with Crippen molar-refractivity contribution in [3.05, 3.63) is 71.3 Å². The molecule has 2 heteroatoms. The first-order valence-corrected chi connectivity index (χ1v) is 7.51. The minimum absolute atomic E-state index is 0.947. The van der Waals surface area contributed by atoms with Gasteiger partial charge in [-0.25, -0.2) is 0 Å². The fraction of sp³-hybridized carbons (Fsp3) is 0.263. The van der Waals surface area contributed by atoms with Gasteiger partial charge in [-0.2, -0.15) is 0 Å². The van der Waals surface area contributed by atoms with Crippen LogP contribution in [-0.4, -0.2) is 20.2 Å². The second-order valence-electron chi connectivity index (χ2n) is 5.29. The van der Waals surface area contributed by atoms with Gasteiger partial charge in [0.15, 0.2) is 0 Å². The quantitative estimate of drug-likeness (QED) is 0.920. The van der Waals surface area contributed by atoms with Gasteiger partial charge in [-0.3, -0.25) is 0 Å². The van der Waals surface area contributed by atoms with Gasteiger partial charge in [0.1, 0.15) is 5.75 Å². The first-order chi connectivity index (χ1) is 10.4. The Morgan fingerprint density at radius 3 is 2.29 bits per heavy atom. The van der Waals surface area contributed by atoms with Crippen molar-refractivity contribution in [2.45, 2.75) is 12.8 Å². The molecule has 2 aromatic carbocycles. The van der Waals surface area contributed by atoms with Gasteiger partial charge in [0, 0.05) is 5.56 Å². The molecule has 2 nitrogen and oxygen atoms in total. The number of ether oxygens (including phenoxy) is 1. The Hall–Kier alpha value is -2.06. The molecule has 0 aliphatic carbocycles. The summed E-state index contributed by atoms with van der Waals surface area (Å²) in [7, 11) is 1.74. The van der Waals surface area contributed by atoms with Crippen molar-refractivity contribution >= 4 is 5.57 Å². The van der Waals surface area contributed by atoms with Crippen LogP contribution in [0.4, 0.5) is 0 Å². The van der Waals surface area contributed by atoms with E-state index in [0.29, 0.717) is 0 Å². The molecular formula is C19H21NO. The van der Waals surface area contributed by atoms with Gasteiger partial charge in [-0.15, -0.1) is 0 Å². The van der Waals surface area contributed by atoms with E-state index in [1.165, 1.54) is 22.3 Å². The van der Waals surface area contributed by atoms with E-state index in [4.69, 9.17) is 4.74 Å². The van der Waals surface area contributed by atoms with E-state index in [1.54, 1.807) is 7.11 Å². The molecule has 1 N–H and O–H groups in total. The van der Waals surface area contributed by atoms with Gasteiger partial charge in [0.25, 0.3) is 0 Å². The molecule has 1 fully saturated rings. The highest BCUT2D eigenvalue weighted by atomic mass is 16.5. The van der Waals surface area contributed by atoms with Gasteiger partial charge in [0.05, 0.1) is 7.11 Å². The summed E-state index contributed by atoms with van der Waals surface area (Å²) in [6.45, 7) is 2.11. The third kappa shape index (κ3) is 3.01. The molecular weight excluding hydrogens is 258 g/mol. The summed E-state index contributed by atoms with van der Waals surface area (Å²) < 4.78 is 5.59. The zero-order valence-corrected chi connectivity index (χ0v) is 12.4. The summed E-state index contributed by atoms with van der Waals surface area (Å²) in [5.41, 5.74) is 5.33. The third-order valence-corrected chi connectivity index (χ3v) is 4.00. The van der Waals surface area contributed by atoms with Crippen LogP contribution in [0.15, 0.2) is 60.2 Å². The Morgan fingerprint density at radius 1 is 0.905 bits per heavy atom. The normalized spacial score (nSPS) is 14.8. The van der Waals surface area contributed by atoms with Gasteiger partial charge in [-0.05, 0) is 43.1 Å². The van der Waals surface area contributed by atoms with Crippen molar-refractivity contribution < 1.29 is 4.74 Å². The number of methoxy groups -OCH3 is 1. The van der Waals surface area contributed by atoms with Crippen molar-refractivity contribution in [2.75, 3.05) is 20.2 Å². The van der Waals surface area contributed by atoms with Crippen LogP contribution in [0.3, 0.4) is 0 Å². The molecule has 0 bridgehead atoms. The fourth-order valence-corrected chi connectivity index (χ4v) is 2.98. The van der Waals surface area contributed by atoms with Crippen LogP contribution in [0.2, 0.25) is 0 Å². The number of hydrogen-bond acceptors (Lipinski definition) is 2. The van der Waals surface area contributed by atoms with E-state index in [2.05, 4.69) is 47.8 Å². The summed E-state index contributed by atoms with van der Waals surface area (Å²) in [6, 6.07) is 19.0. The largest absolute Gasteiger partial charge is 0.496 e. The molecule has 1 heterocycles. The zero-order chi connectivity index (χ0) is 14.5. The Morgan fingerprint density at radius 2 is 1.57 bits per heavy atom. The van der Waals surface area contributed by atoms with Crippen LogP contribution >= 0.6 is 0 Å². The molecule has 1 aliphatic heterocycles. The molecule has 0 spiro atoms. The first kappa shape index (κ1) is 13.9. The number of rotatable bonds is 3. The maximum Gasteiger partial charge on any atom is 0.126 e. The number of hydrogen-bond donors (Lipinski definition) is 1. The average molecular weight is 279 g/mol. The molecule has 0 atom stereocenters. The van der Waals surface area contributed by atoms with Crippen LogP contribution < -0.4 is 10.1 Å². The van der Waals surface area contributed by atoms with Crippen LogP contribution in [-0.2, 0) is 0 Å². The van der Waals surface area contributed by atoms with Crippen LogP contribution in [0.5, 0.6) is 5.75 Å². The first-order valence-electron chi connectivity index (χ1n) is 7.51. The standard InChI is InChI=1S/C19H21NO/c1-21-18-10-6-5-9-17(18)19(15-7-3-2-4-8-15)16-11-13-20-14-12-16/h2-10,20H,11-14H2,1H3. The van der Waals surface area contributed by atoms with E-state index in [9.17, 15) is 0 Å². The molecule has 1 saturated heterocycles. The van der Waals surface area contributed by atoms with Gasteiger partial charge < -0.3 is 10.1 Å². The van der Waals surface area contributed by atoms with E-state index in [1.807, 2.05) is 12.1 Å². The lowest BCUT2D eigenvalue weighted by Crippen LogP contribution is -2.23. The maximum absolute atomic E-state index is 5.59. The molecule has 0 amide bonds. The van der Waals surface area contributed by atoms with Crippen molar-refractivity contribution in [3.8, 4) is 5.75 Å². The number of nitrogens with one attached hydrogen (secondary N) is 1. The summed E-state index contributed by atoms with van der Waals surface area (Å²) in [5.74, 6) is 0.947. The van der Waals surface area contributed by atoms with Crippen LogP contribution in [0.1, 0.15) is 24.0 Å². The van der Waals surface area contributed by atoms with E-state index in [-0.39, 0.29) is 0 Å².